The second-order valence-corrected chi connectivity index (χ2v) is 5.40. The number of piperidine rings is 1. The summed E-state index contributed by atoms with van der Waals surface area (Å²) in [6, 6.07) is 5.87. The van der Waals surface area contributed by atoms with Crippen LogP contribution in [-0.4, -0.2) is 24.5 Å². The normalized spacial score (nSPS) is 20.0. The highest BCUT2D eigenvalue weighted by Crippen LogP contribution is 2.27. The first kappa shape index (κ1) is 13.5. The summed E-state index contributed by atoms with van der Waals surface area (Å²) in [7, 11) is 0. The number of hydrogen-bond acceptors (Lipinski definition) is 2. The largest absolute Gasteiger partial charge is 0.330 e. The first-order chi connectivity index (χ1) is 8.61. The van der Waals surface area contributed by atoms with E-state index in [2.05, 4.69) is 11.8 Å². The van der Waals surface area contributed by atoms with Crippen LogP contribution in [0.2, 0.25) is 0 Å². The Bertz CT molecular complexity index is 397. The Morgan fingerprint density at radius 3 is 2.61 bits per heavy atom. The van der Waals surface area contributed by atoms with Crippen LogP contribution in [0, 0.1) is 18.7 Å². The summed E-state index contributed by atoms with van der Waals surface area (Å²) in [5.41, 5.74) is 7.49. The van der Waals surface area contributed by atoms with Crippen LogP contribution >= 0.6 is 0 Å². The van der Waals surface area contributed by atoms with Gasteiger partial charge in [-0.2, -0.15) is 0 Å². The minimum absolute atomic E-state index is 0.101. The van der Waals surface area contributed by atoms with E-state index in [1.54, 1.807) is 13.0 Å². The lowest BCUT2D eigenvalue weighted by molar-refractivity contribution is 0.143. The number of nitrogens with zero attached hydrogens (tertiary/aromatic N) is 1. The van der Waals surface area contributed by atoms with E-state index < -0.39 is 0 Å². The van der Waals surface area contributed by atoms with Gasteiger partial charge in [0.25, 0.3) is 0 Å². The summed E-state index contributed by atoms with van der Waals surface area (Å²) in [5.74, 6) is 0.569. The summed E-state index contributed by atoms with van der Waals surface area (Å²) in [6.45, 7) is 6.89. The fourth-order valence-corrected chi connectivity index (χ4v) is 2.66. The van der Waals surface area contributed by atoms with Crippen molar-refractivity contribution in [3.05, 3.63) is 35.1 Å². The molecule has 0 bridgehead atoms. The Hall–Kier alpha value is -0.930. The van der Waals surface area contributed by atoms with Gasteiger partial charge in [-0.05, 0) is 69.4 Å². The van der Waals surface area contributed by atoms with Crippen LogP contribution in [0.4, 0.5) is 4.39 Å². The number of rotatable bonds is 3. The fraction of sp³-hybridized carbons (Fsp3) is 0.600. The number of likely N-dealkylation sites (tertiary alicyclic amines) is 1. The van der Waals surface area contributed by atoms with Crippen LogP contribution in [-0.2, 0) is 0 Å². The zero-order chi connectivity index (χ0) is 13.1. The van der Waals surface area contributed by atoms with Gasteiger partial charge >= 0.3 is 0 Å². The van der Waals surface area contributed by atoms with Crippen LogP contribution in [0.3, 0.4) is 0 Å². The number of benzene rings is 1. The number of halogens is 1. The highest BCUT2D eigenvalue weighted by molar-refractivity contribution is 5.25. The molecule has 1 atom stereocenters. The topological polar surface area (TPSA) is 29.3 Å². The van der Waals surface area contributed by atoms with Crippen molar-refractivity contribution >= 4 is 0 Å². The lowest BCUT2D eigenvalue weighted by atomic mass is 9.94. The maximum atomic E-state index is 13.6. The maximum absolute atomic E-state index is 13.6. The maximum Gasteiger partial charge on any atom is 0.126 e. The second kappa shape index (κ2) is 5.81. The molecule has 0 aliphatic carbocycles. The first-order valence-electron chi connectivity index (χ1n) is 6.82. The van der Waals surface area contributed by atoms with Gasteiger partial charge in [-0.15, -0.1) is 0 Å². The van der Waals surface area contributed by atoms with Crippen LogP contribution in [0.25, 0.3) is 0 Å². The molecular weight excluding hydrogens is 227 g/mol. The molecule has 2 nitrogen and oxygen atoms in total. The molecule has 0 saturated carbocycles. The lowest BCUT2D eigenvalue weighted by Crippen LogP contribution is -2.37. The zero-order valence-electron chi connectivity index (χ0n) is 11.3. The molecule has 2 N–H and O–H groups in total. The van der Waals surface area contributed by atoms with Crippen molar-refractivity contribution in [3.8, 4) is 0 Å². The van der Waals surface area contributed by atoms with Crippen molar-refractivity contribution in [2.75, 3.05) is 19.6 Å². The number of hydrogen-bond donors (Lipinski definition) is 1. The predicted octanol–water partition coefficient (Wildman–Crippen LogP) is 2.87. The Morgan fingerprint density at radius 1 is 1.39 bits per heavy atom. The first-order valence-corrected chi connectivity index (χ1v) is 6.82. The third-order valence-electron chi connectivity index (χ3n) is 4.21. The SMILES string of the molecule is Cc1ccc(C(C)N2CCC(CN)CC2)cc1F. The third kappa shape index (κ3) is 2.90. The zero-order valence-corrected chi connectivity index (χ0v) is 11.3. The van der Waals surface area contributed by atoms with Crippen molar-refractivity contribution in [2.24, 2.45) is 11.7 Å². The Morgan fingerprint density at radius 2 is 2.06 bits per heavy atom. The molecule has 1 aliphatic heterocycles. The fourth-order valence-electron chi connectivity index (χ4n) is 2.66. The van der Waals surface area contributed by atoms with Crippen molar-refractivity contribution < 1.29 is 4.39 Å². The second-order valence-electron chi connectivity index (χ2n) is 5.40. The molecule has 1 heterocycles. The van der Waals surface area contributed by atoms with Gasteiger partial charge < -0.3 is 5.73 Å². The highest BCUT2D eigenvalue weighted by atomic mass is 19.1. The summed E-state index contributed by atoms with van der Waals surface area (Å²) in [4.78, 5) is 2.43. The molecule has 1 aliphatic rings. The summed E-state index contributed by atoms with van der Waals surface area (Å²) in [6.07, 6.45) is 2.32. The van der Waals surface area contributed by atoms with E-state index in [-0.39, 0.29) is 5.82 Å². The lowest BCUT2D eigenvalue weighted by Gasteiger charge is -2.36. The van der Waals surface area contributed by atoms with Crippen molar-refractivity contribution in [3.63, 3.8) is 0 Å². The molecule has 1 fully saturated rings. The van der Waals surface area contributed by atoms with Crippen molar-refractivity contribution in [1.82, 2.24) is 4.90 Å². The van der Waals surface area contributed by atoms with Gasteiger partial charge in [-0.1, -0.05) is 12.1 Å². The van der Waals surface area contributed by atoms with Crippen LogP contribution in [0.15, 0.2) is 18.2 Å². The average molecular weight is 250 g/mol. The molecule has 0 radical (unpaired) electrons. The molecule has 1 aromatic rings. The molecule has 1 saturated heterocycles. The van der Waals surface area contributed by atoms with Crippen molar-refractivity contribution in [2.45, 2.75) is 32.7 Å². The quantitative estimate of drug-likeness (QED) is 0.893. The van der Waals surface area contributed by atoms with Gasteiger partial charge in [-0.3, -0.25) is 4.90 Å². The van der Waals surface area contributed by atoms with E-state index in [1.165, 1.54) is 0 Å². The van der Waals surface area contributed by atoms with Crippen molar-refractivity contribution in [1.29, 1.82) is 0 Å². The smallest absolute Gasteiger partial charge is 0.126 e. The molecule has 3 heteroatoms. The average Bonchev–Trinajstić information content (AvgIpc) is 2.41. The summed E-state index contributed by atoms with van der Waals surface area (Å²) >= 11 is 0. The Labute approximate surface area is 109 Å². The van der Waals surface area contributed by atoms with Gasteiger partial charge in [0, 0.05) is 6.04 Å². The van der Waals surface area contributed by atoms with E-state index in [4.69, 9.17) is 5.73 Å². The van der Waals surface area contributed by atoms with Crippen LogP contribution in [0.5, 0.6) is 0 Å². The highest BCUT2D eigenvalue weighted by Gasteiger charge is 2.22. The Kier molecular flexibility index (Phi) is 4.36. The molecule has 18 heavy (non-hydrogen) atoms. The minimum Gasteiger partial charge on any atom is -0.330 e. The molecule has 0 spiro atoms. The van der Waals surface area contributed by atoms with Crippen LogP contribution < -0.4 is 5.73 Å². The molecule has 1 aromatic carbocycles. The predicted molar refractivity (Wildman–Crippen MR) is 72.9 cm³/mol. The third-order valence-corrected chi connectivity index (χ3v) is 4.21. The van der Waals surface area contributed by atoms with Gasteiger partial charge in [0.15, 0.2) is 0 Å². The Balaban J connectivity index is 2.03. The van der Waals surface area contributed by atoms with E-state index in [9.17, 15) is 4.39 Å². The van der Waals surface area contributed by atoms with E-state index in [0.29, 0.717) is 17.5 Å². The number of aryl methyl sites for hydroxylation is 1. The van der Waals surface area contributed by atoms with Gasteiger partial charge in [0.05, 0.1) is 0 Å². The number of nitrogens with two attached hydrogens (primary N) is 1. The van der Waals surface area contributed by atoms with Crippen LogP contribution in [0.1, 0.15) is 36.9 Å². The standard InChI is InChI=1S/C15H23FN2/c1-11-3-4-14(9-15(11)16)12(2)18-7-5-13(10-17)6-8-18/h3-4,9,12-13H,5-8,10,17H2,1-2H3. The summed E-state index contributed by atoms with van der Waals surface area (Å²) in [5, 5.41) is 0. The molecule has 1 unspecified atom stereocenters. The monoisotopic (exact) mass is 250 g/mol. The molecule has 0 aromatic heterocycles. The van der Waals surface area contributed by atoms with E-state index in [1.807, 2.05) is 12.1 Å². The van der Waals surface area contributed by atoms with Gasteiger partial charge in [-0.25, -0.2) is 4.39 Å². The van der Waals surface area contributed by atoms with Gasteiger partial charge in [0.2, 0.25) is 0 Å². The molecule has 0 amide bonds. The summed E-state index contributed by atoms with van der Waals surface area (Å²) < 4.78 is 13.6. The molecule has 100 valence electrons. The molecular formula is C15H23FN2. The van der Waals surface area contributed by atoms with Gasteiger partial charge in [0.1, 0.15) is 5.82 Å². The molecule has 2 rings (SSSR count). The van der Waals surface area contributed by atoms with E-state index in [0.717, 1.165) is 38.0 Å². The van der Waals surface area contributed by atoms with E-state index >= 15 is 0 Å². The minimum atomic E-state index is -0.101.